The molecular formula is C14H19ClN2O. The van der Waals surface area contributed by atoms with Gasteiger partial charge in [-0.15, -0.1) is 0 Å². The lowest BCUT2D eigenvalue weighted by atomic mass is 9.86. The Balaban J connectivity index is 1.78. The number of anilines is 1. The largest absolute Gasteiger partial charge is 0.495 e. The van der Waals surface area contributed by atoms with Crippen LogP contribution in [0, 0.1) is 5.41 Å². The second kappa shape index (κ2) is 4.63. The van der Waals surface area contributed by atoms with Gasteiger partial charge in [-0.2, -0.15) is 0 Å². The predicted molar refractivity (Wildman–Crippen MR) is 74.8 cm³/mol. The van der Waals surface area contributed by atoms with Crippen molar-refractivity contribution in [3.63, 3.8) is 0 Å². The van der Waals surface area contributed by atoms with E-state index in [1.807, 2.05) is 12.1 Å². The van der Waals surface area contributed by atoms with Crippen molar-refractivity contribution in [2.45, 2.75) is 12.8 Å². The van der Waals surface area contributed by atoms with E-state index in [0.717, 1.165) is 31.9 Å². The molecule has 1 aromatic carbocycles. The van der Waals surface area contributed by atoms with Gasteiger partial charge in [0.15, 0.2) is 0 Å². The maximum atomic E-state index is 6.20. The normalized spacial score (nSPS) is 27.1. The van der Waals surface area contributed by atoms with E-state index in [-0.39, 0.29) is 0 Å². The molecule has 1 atom stereocenters. The van der Waals surface area contributed by atoms with Crippen molar-refractivity contribution in [3.05, 3.63) is 23.2 Å². The number of ether oxygens (including phenoxy) is 1. The summed E-state index contributed by atoms with van der Waals surface area (Å²) in [6.07, 6.45) is 2.58. The van der Waals surface area contributed by atoms with Crippen molar-refractivity contribution in [2.75, 3.05) is 38.2 Å². The molecular weight excluding hydrogens is 248 g/mol. The third-order valence-electron chi connectivity index (χ3n) is 4.27. The number of hydrogen-bond donors (Lipinski definition) is 1. The van der Waals surface area contributed by atoms with E-state index in [1.165, 1.54) is 18.5 Å². The highest BCUT2D eigenvalue weighted by Gasteiger charge is 2.40. The van der Waals surface area contributed by atoms with E-state index in [1.54, 1.807) is 7.11 Å². The van der Waals surface area contributed by atoms with Gasteiger partial charge in [0.05, 0.1) is 12.1 Å². The van der Waals surface area contributed by atoms with Gasteiger partial charge in [0, 0.05) is 30.7 Å². The fourth-order valence-electron chi connectivity index (χ4n) is 3.15. The number of rotatable bonds is 2. The molecule has 4 heteroatoms. The topological polar surface area (TPSA) is 24.5 Å². The van der Waals surface area contributed by atoms with Gasteiger partial charge in [-0.3, -0.25) is 0 Å². The number of nitrogens with one attached hydrogen (secondary N) is 1. The van der Waals surface area contributed by atoms with Crippen LogP contribution in [0.3, 0.4) is 0 Å². The fraction of sp³-hybridized carbons (Fsp3) is 0.571. The van der Waals surface area contributed by atoms with Gasteiger partial charge in [-0.25, -0.2) is 0 Å². The Morgan fingerprint density at radius 3 is 2.94 bits per heavy atom. The van der Waals surface area contributed by atoms with Crippen LogP contribution in [0.2, 0.25) is 5.02 Å². The van der Waals surface area contributed by atoms with E-state index in [4.69, 9.17) is 16.3 Å². The van der Waals surface area contributed by atoms with E-state index in [9.17, 15) is 0 Å². The van der Waals surface area contributed by atoms with Gasteiger partial charge >= 0.3 is 0 Å². The molecule has 1 spiro atoms. The maximum Gasteiger partial charge on any atom is 0.137 e. The van der Waals surface area contributed by atoms with E-state index in [2.05, 4.69) is 16.3 Å². The summed E-state index contributed by atoms with van der Waals surface area (Å²) in [5.74, 6) is 0.747. The van der Waals surface area contributed by atoms with Crippen LogP contribution in [0.1, 0.15) is 12.8 Å². The van der Waals surface area contributed by atoms with Crippen LogP contribution >= 0.6 is 11.6 Å². The molecule has 1 N–H and O–H groups in total. The minimum Gasteiger partial charge on any atom is -0.495 e. The lowest BCUT2D eigenvalue weighted by Gasteiger charge is -2.24. The highest BCUT2D eigenvalue weighted by molar-refractivity contribution is 6.32. The molecule has 0 radical (unpaired) electrons. The highest BCUT2D eigenvalue weighted by atomic mass is 35.5. The first-order chi connectivity index (χ1) is 8.72. The lowest BCUT2D eigenvalue weighted by molar-refractivity contribution is 0.369. The number of hydrogen-bond acceptors (Lipinski definition) is 3. The summed E-state index contributed by atoms with van der Waals surface area (Å²) < 4.78 is 5.20. The Labute approximate surface area is 113 Å². The molecule has 0 aliphatic carbocycles. The number of methoxy groups -OCH3 is 1. The van der Waals surface area contributed by atoms with Gasteiger partial charge in [0.1, 0.15) is 5.75 Å². The fourth-order valence-corrected chi connectivity index (χ4v) is 3.40. The Bertz CT molecular complexity index is 443. The Morgan fingerprint density at radius 1 is 1.39 bits per heavy atom. The molecule has 0 saturated carbocycles. The van der Waals surface area contributed by atoms with Gasteiger partial charge in [0.25, 0.3) is 0 Å². The second-order valence-electron chi connectivity index (χ2n) is 5.42. The first-order valence-corrected chi connectivity index (χ1v) is 6.89. The van der Waals surface area contributed by atoms with Crippen LogP contribution in [0.5, 0.6) is 5.75 Å². The monoisotopic (exact) mass is 266 g/mol. The first-order valence-electron chi connectivity index (χ1n) is 6.52. The molecule has 0 bridgehead atoms. The van der Waals surface area contributed by atoms with Gasteiger partial charge in [-0.05, 0) is 37.6 Å². The summed E-state index contributed by atoms with van der Waals surface area (Å²) in [4.78, 5) is 2.44. The number of nitrogens with zero attached hydrogens (tertiary/aromatic N) is 1. The molecule has 2 aliphatic heterocycles. The molecule has 18 heavy (non-hydrogen) atoms. The molecule has 2 saturated heterocycles. The molecule has 1 aromatic rings. The zero-order valence-electron chi connectivity index (χ0n) is 10.7. The molecule has 3 nitrogen and oxygen atoms in total. The van der Waals surface area contributed by atoms with Crippen LogP contribution in [0.4, 0.5) is 5.69 Å². The van der Waals surface area contributed by atoms with Crippen molar-refractivity contribution in [2.24, 2.45) is 5.41 Å². The zero-order valence-corrected chi connectivity index (χ0v) is 11.5. The summed E-state index contributed by atoms with van der Waals surface area (Å²) in [5.41, 5.74) is 1.71. The average molecular weight is 267 g/mol. The molecule has 0 amide bonds. The quantitative estimate of drug-likeness (QED) is 0.890. The van der Waals surface area contributed by atoms with Crippen molar-refractivity contribution < 1.29 is 4.74 Å². The minimum absolute atomic E-state index is 0.492. The SMILES string of the molecule is COc1ccc(N2CCC3(CCNC3)C2)cc1Cl. The molecule has 98 valence electrons. The summed E-state index contributed by atoms with van der Waals surface area (Å²) in [7, 11) is 1.65. The third-order valence-corrected chi connectivity index (χ3v) is 4.57. The summed E-state index contributed by atoms with van der Waals surface area (Å²) in [6.45, 7) is 4.59. The number of halogens is 1. The molecule has 2 fully saturated rings. The van der Waals surface area contributed by atoms with Crippen LogP contribution < -0.4 is 15.0 Å². The molecule has 3 rings (SSSR count). The smallest absolute Gasteiger partial charge is 0.137 e. The van der Waals surface area contributed by atoms with Gasteiger partial charge in [-0.1, -0.05) is 11.6 Å². The van der Waals surface area contributed by atoms with Crippen LogP contribution in [0.25, 0.3) is 0 Å². The second-order valence-corrected chi connectivity index (χ2v) is 5.82. The zero-order chi connectivity index (χ0) is 12.6. The Kier molecular flexibility index (Phi) is 3.12. The van der Waals surface area contributed by atoms with E-state index >= 15 is 0 Å². The summed E-state index contributed by atoms with van der Waals surface area (Å²) in [5, 5.41) is 4.18. The first kappa shape index (κ1) is 12.1. The van der Waals surface area contributed by atoms with Crippen molar-refractivity contribution in [3.8, 4) is 5.75 Å². The van der Waals surface area contributed by atoms with Crippen LogP contribution in [-0.4, -0.2) is 33.3 Å². The van der Waals surface area contributed by atoms with Crippen molar-refractivity contribution in [1.29, 1.82) is 0 Å². The highest BCUT2D eigenvalue weighted by Crippen LogP contribution is 2.39. The summed E-state index contributed by atoms with van der Waals surface area (Å²) in [6, 6.07) is 6.07. The molecule has 2 aliphatic rings. The van der Waals surface area contributed by atoms with Crippen molar-refractivity contribution >= 4 is 17.3 Å². The van der Waals surface area contributed by atoms with Crippen molar-refractivity contribution in [1.82, 2.24) is 5.32 Å². The minimum atomic E-state index is 0.492. The molecule has 2 heterocycles. The van der Waals surface area contributed by atoms with Crippen LogP contribution in [-0.2, 0) is 0 Å². The van der Waals surface area contributed by atoms with Gasteiger partial charge < -0.3 is 15.0 Å². The third kappa shape index (κ3) is 2.06. The lowest BCUT2D eigenvalue weighted by Crippen LogP contribution is -2.29. The number of benzene rings is 1. The molecule has 1 unspecified atom stereocenters. The maximum absolute atomic E-state index is 6.20. The Hall–Kier alpha value is -0.930. The summed E-state index contributed by atoms with van der Waals surface area (Å²) >= 11 is 6.20. The predicted octanol–water partition coefficient (Wildman–Crippen LogP) is 2.54. The standard InChI is InChI=1S/C14H19ClN2O/c1-18-13-3-2-11(8-12(13)15)17-7-5-14(10-17)4-6-16-9-14/h2-3,8,16H,4-7,9-10H2,1H3. The van der Waals surface area contributed by atoms with E-state index in [0.29, 0.717) is 10.4 Å². The van der Waals surface area contributed by atoms with Crippen LogP contribution in [0.15, 0.2) is 18.2 Å². The van der Waals surface area contributed by atoms with E-state index < -0.39 is 0 Å². The average Bonchev–Trinajstić information content (AvgIpc) is 3.00. The molecule has 0 aromatic heterocycles. The Morgan fingerprint density at radius 2 is 2.28 bits per heavy atom. The van der Waals surface area contributed by atoms with Gasteiger partial charge in [0.2, 0.25) is 0 Å².